The Morgan fingerprint density at radius 2 is 2.11 bits per heavy atom. The van der Waals surface area contributed by atoms with Crippen molar-refractivity contribution in [3.63, 3.8) is 0 Å². The van der Waals surface area contributed by atoms with E-state index in [-0.39, 0.29) is 23.7 Å². The predicted molar refractivity (Wildman–Crippen MR) is 63.9 cm³/mol. The first kappa shape index (κ1) is 14.7. The summed E-state index contributed by atoms with van der Waals surface area (Å²) in [6, 6.07) is 1.11. The summed E-state index contributed by atoms with van der Waals surface area (Å²) in [7, 11) is -2.23. The minimum atomic E-state index is -3.69. The molecule has 0 saturated carbocycles. The van der Waals surface area contributed by atoms with Gasteiger partial charge in [0.15, 0.2) is 0 Å². The van der Waals surface area contributed by atoms with Crippen molar-refractivity contribution >= 4 is 16.0 Å². The van der Waals surface area contributed by atoms with Gasteiger partial charge in [-0.2, -0.15) is 0 Å². The van der Waals surface area contributed by atoms with E-state index in [0.717, 1.165) is 6.07 Å². The third-order valence-electron chi connectivity index (χ3n) is 2.39. The molecule has 8 heteroatoms. The standard InChI is InChI=1S/C10H16N2O5S/c1-12-7-8(6-9(12)10(14)15)18(16,17)11-4-2-3-5-13/h6-7,11,13H,2-5H2,1H3,(H,14,15). The Bertz CT molecular complexity index is 520. The van der Waals surface area contributed by atoms with Gasteiger partial charge in [0.2, 0.25) is 10.0 Å². The summed E-state index contributed by atoms with van der Waals surface area (Å²) >= 11 is 0. The van der Waals surface area contributed by atoms with Crippen LogP contribution in [-0.4, -0.2) is 42.3 Å². The van der Waals surface area contributed by atoms with Gasteiger partial charge in [0.05, 0.1) is 0 Å². The molecule has 1 aromatic rings. The van der Waals surface area contributed by atoms with Gasteiger partial charge in [0.1, 0.15) is 10.6 Å². The monoisotopic (exact) mass is 276 g/mol. The van der Waals surface area contributed by atoms with Gasteiger partial charge < -0.3 is 14.8 Å². The fourth-order valence-electron chi connectivity index (χ4n) is 1.42. The van der Waals surface area contributed by atoms with Crippen molar-refractivity contribution in [1.29, 1.82) is 0 Å². The second kappa shape index (κ2) is 5.98. The summed E-state index contributed by atoms with van der Waals surface area (Å²) in [6.45, 7) is 0.219. The van der Waals surface area contributed by atoms with Crippen LogP contribution in [-0.2, 0) is 17.1 Å². The number of aryl methyl sites for hydroxylation is 1. The molecule has 0 aliphatic heterocycles. The molecule has 18 heavy (non-hydrogen) atoms. The number of aliphatic hydroxyl groups is 1. The molecule has 0 amide bonds. The van der Waals surface area contributed by atoms with Crippen LogP contribution in [0.3, 0.4) is 0 Å². The highest BCUT2D eigenvalue weighted by atomic mass is 32.2. The maximum atomic E-state index is 11.8. The topological polar surface area (TPSA) is 109 Å². The molecule has 0 aliphatic rings. The molecule has 1 heterocycles. The van der Waals surface area contributed by atoms with Crippen molar-refractivity contribution in [3.05, 3.63) is 18.0 Å². The summed E-state index contributed by atoms with van der Waals surface area (Å²) in [5, 5.41) is 17.4. The van der Waals surface area contributed by atoms with Gasteiger partial charge in [-0.25, -0.2) is 17.9 Å². The van der Waals surface area contributed by atoms with E-state index in [2.05, 4.69) is 4.72 Å². The van der Waals surface area contributed by atoms with E-state index in [4.69, 9.17) is 10.2 Å². The maximum absolute atomic E-state index is 11.8. The molecule has 0 atom stereocenters. The van der Waals surface area contributed by atoms with Crippen LogP contribution < -0.4 is 4.72 Å². The molecule has 0 radical (unpaired) electrons. The number of aromatic carboxylic acids is 1. The van der Waals surface area contributed by atoms with Crippen LogP contribution in [0.1, 0.15) is 23.3 Å². The quantitative estimate of drug-likeness (QED) is 0.596. The fourth-order valence-corrected chi connectivity index (χ4v) is 2.56. The van der Waals surface area contributed by atoms with Crippen molar-refractivity contribution in [2.75, 3.05) is 13.2 Å². The lowest BCUT2D eigenvalue weighted by molar-refractivity contribution is 0.0686. The molecule has 0 saturated heterocycles. The van der Waals surface area contributed by atoms with Crippen molar-refractivity contribution in [3.8, 4) is 0 Å². The summed E-state index contributed by atoms with van der Waals surface area (Å²) < 4.78 is 27.2. The number of carboxylic acid groups (broad SMARTS) is 1. The van der Waals surface area contributed by atoms with Gasteiger partial charge in [-0.1, -0.05) is 0 Å². The zero-order valence-electron chi connectivity index (χ0n) is 9.96. The predicted octanol–water partition coefficient (Wildman–Crippen LogP) is -0.226. The van der Waals surface area contributed by atoms with E-state index < -0.39 is 16.0 Å². The highest BCUT2D eigenvalue weighted by molar-refractivity contribution is 7.89. The van der Waals surface area contributed by atoms with E-state index in [9.17, 15) is 13.2 Å². The molecule has 1 rings (SSSR count). The molecule has 0 unspecified atom stereocenters. The van der Waals surface area contributed by atoms with Gasteiger partial charge in [0.25, 0.3) is 0 Å². The van der Waals surface area contributed by atoms with Gasteiger partial charge in [-0.05, 0) is 18.9 Å². The number of aliphatic hydroxyl groups excluding tert-OH is 1. The number of aromatic nitrogens is 1. The highest BCUT2D eigenvalue weighted by Crippen LogP contribution is 2.13. The van der Waals surface area contributed by atoms with Crippen LogP contribution in [0.4, 0.5) is 0 Å². The first-order chi connectivity index (χ1) is 8.38. The van der Waals surface area contributed by atoms with Crippen LogP contribution >= 0.6 is 0 Å². The normalized spacial score (nSPS) is 11.7. The number of carboxylic acids is 1. The molecule has 0 fully saturated rings. The lowest BCUT2D eigenvalue weighted by Crippen LogP contribution is -2.24. The first-order valence-electron chi connectivity index (χ1n) is 5.38. The lowest BCUT2D eigenvalue weighted by Gasteiger charge is -2.03. The SMILES string of the molecule is Cn1cc(S(=O)(=O)NCCCCO)cc1C(=O)O. The van der Waals surface area contributed by atoms with Crippen molar-refractivity contribution < 1.29 is 23.4 Å². The Hall–Kier alpha value is -1.38. The molecular weight excluding hydrogens is 260 g/mol. The molecule has 0 aromatic carbocycles. The van der Waals surface area contributed by atoms with Crippen molar-refractivity contribution in [2.24, 2.45) is 7.05 Å². The highest BCUT2D eigenvalue weighted by Gasteiger charge is 2.19. The average Bonchev–Trinajstić information content (AvgIpc) is 2.68. The lowest BCUT2D eigenvalue weighted by atomic mass is 10.3. The van der Waals surface area contributed by atoms with E-state index in [1.807, 2.05) is 0 Å². The van der Waals surface area contributed by atoms with Crippen LogP contribution in [0.2, 0.25) is 0 Å². The van der Waals surface area contributed by atoms with E-state index in [1.165, 1.54) is 17.8 Å². The Labute approximate surface area is 105 Å². The number of sulfonamides is 1. The minimum Gasteiger partial charge on any atom is -0.477 e. The molecular formula is C10H16N2O5S. The molecule has 0 aliphatic carbocycles. The third-order valence-corrected chi connectivity index (χ3v) is 3.81. The first-order valence-corrected chi connectivity index (χ1v) is 6.87. The summed E-state index contributed by atoms with van der Waals surface area (Å²) in [4.78, 5) is 10.7. The number of unbranched alkanes of at least 4 members (excludes halogenated alkanes) is 1. The number of hydrogen-bond donors (Lipinski definition) is 3. The minimum absolute atomic E-state index is 0.0101. The Kier molecular flexibility index (Phi) is 4.88. The summed E-state index contributed by atoms with van der Waals surface area (Å²) in [6.07, 6.45) is 2.28. The van der Waals surface area contributed by atoms with Crippen LogP contribution in [0.15, 0.2) is 17.2 Å². The molecule has 3 N–H and O–H groups in total. The summed E-state index contributed by atoms with van der Waals surface area (Å²) in [5.74, 6) is -1.18. The maximum Gasteiger partial charge on any atom is 0.352 e. The molecule has 0 bridgehead atoms. The molecule has 0 spiro atoms. The van der Waals surface area contributed by atoms with E-state index in [1.54, 1.807) is 0 Å². The van der Waals surface area contributed by atoms with Gasteiger partial charge in [0, 0.05) is 26.4 Å². The molecule has 7 nitrogen and oxygen atoms in total. The smallest absolute Gasteiger partial charge is 0.352 e. The van der Waals surface area contributed by atoms with Crippen molar-refractivity contribution in [2.45, 2.75) is 17.7 Å². The molecule has 102 valence electrons. The Balaban J connectivity index is 2.79. The van der Waals surface area contributed by atoms with Crippen molar-refractivity contribution in [1.82, 2.24) is 9.29 Å². The number of nitrogens with one attached hydrogen (secondary N) is 1. The number of hydrogen-bond acceptors (Lipinski definition) is 4. The van der Waals surface area contributed by atoms with Crippen LogP contribution in [0.5, 0.6) is 0 Å². The van der Waals surface area contributed by atoms with Gasteiger partial charge in [-0.15, -0.1) is 0 Å². The zero-order chi connectivity index (χ0) is 13.8. The summed E-state index contributed by atoms with van der Waals surface area (Å²) in [5.41, 5.74) is -0.0919. The van der Waals surface area contributed by atoms with Gasteiger partial charge >= 0.3 is 5.97 Å². The number of carbonyl (C=O) groups is 1. The fraction of sp³-hybridized carbons (Fsp3) is 0.500. The van der Waals surface area contributed by atoms with E-state index in [0.29, 0.717) is 12.8 Å². The largest absolute Gasteiger partial charge is 0.477 e. The number of rotatable bonds is 7. The second-order valence-electron chi connectivity index (χ2n) is 3.81. The third kappa shape index (κ3) is 3.56. The van der Waals surface area contributed by atoms with E-state index >= 15 is 0 Å². The Morgan fingerprint density at radius 1 is 1.44 bits per heavy atom. The second-order valence-corrected chi connectivity index (χ2v) is 5.57. The molecule has 1 aromatic heterocycles. The van der Waals surface area contributed by atoms with Gasteiger partial charge in [-0.3, -0.25) is 0 Å². The average molecular weight is 276 g/mol. The zero-order valence-corrected chi connectivity index (χ0v) is 10.8. The van der Waals surface area contributed by atoms with Crippen LogP contribution in [0, 0.1) is 0 Å². The van der Waals surface area contributed by atoms with Crippen LogP contribution in [0.25, 0.3) is 0 Å². The Morgan fingerprint density at radius 3 is 2.61 bits per heavy atom. The number of nitrogens with zero attached hydrogens (tertiary/aromatic N) is 1.